The molecule has 0 radical (unpaired) electrons. The maximum absolute atomic E-state index is 9.05. The molecule has 0 N–H and O–H groups in total. The number of ether oxygens (including phenoxy) is 2. The molecule has 0 aromatic rings. The molecule has 1 fully saturated rings. The fourth-order valence-electron chi connectivity index (χ4n) is 3.01. The third-order valence-electron chi connectivity index (χ3n) is 3.92. The third-order valence-corrected chi connectivity index (χ3v) is 3.92. The van der Waals surface area contributed by atoms with Crippen LogP contribution in [0, 0.1) is 22.7 Å². The average Bonchev–Trinajstić information content (AvgIpc) is 2.45. The van der Waals surface area contributed by atoms with Crippen molar-refractivity contribution in [3.8, 4) is 12.1 Å². The molecule has 104 valence electrons. The van der Waals surface area contributed by atoms with E-state index in [-0.39, 0.29) is 24.7 Å². The third kappa shape index (κ3) is 2.03. The molecule has 0 unspecified atom stereocenters. The molecule has 0 saturated carbocycles. The molecule has 0 aliphatic carbocycles. The summed E-state index contributed by atoms with van der Waals surface area (Å²) in [6.07, 6.45) is 4.05. The van der Waals surface area contributed by atoms with E-state index in [1.165, 1.54) is 0 Å². The first kappa shape index (κ1) is 13.0. The number of hydrogen-bond acceptors (Lipinski definition) is 6. The molecule has 6 heteroatoms. The molecule has 3 aliphatic heterocycles. The molecule has 3 aliphatic rings. The first-order chi connectivity index (χ1) is 9.62. The van der Waals surface area contributed by atoms with Crippen molar-refractivity contribution in [3.63, 3.8) is 0 Å². The predicted molar refractivity (Wildman–Crippen MR) is 69.5 cm³/mol. The van der Waals surface area contributed by atoms with Crippen molar-refractivity contribution in [1.29, 1.82) is 10.5 Å². The van der Waals surface area contributed by atoms with Crippen LogP contribution in [0.4, 0.5) is 0 Å². The molecule has 3 rings (SSSR count). The second-order valence-corrected chi connectivity index (χ2v) is 5.40. The topological polar surface area (TPSA) is 72.5 Å². The van der Waals surface area contributed by atoms with Gasteiger partial charge in [0.25, 0.3) is 0 Å². The highest BCUT2D eigenvalue weighted by atomic mass is 16.6. The maximum Gasteiger partial charge on any atom is 0.157 e. The Bertz CT molecular complexity index is 507. The van der Waals surface area contributed by atoms with Crippen molar-refractivity contribution in [2.45, 2.75) is 37.5 Å². The Hall–Kier alpha value is -2.02. The van der Waals surface area contributed by atoms with Gasteiger partial charge in [-0.2, -0.15) is 10.5 Å². The summed E-state index contributed by atoms with van der Waals surface area (Å²) in [7, 11) is 3.76. The number of hydrogen-bond donors (Lipinski definition) is 0. The van der Waals surface area contributed by atoms with Crippen molar-refractivity contribution in [3.05, 3.63) is 23.5 Å². The van der Waals surface area contributed by atoms with E-state index in [0.29, 0.717) is 24.0 Å². The molecule has 0 spiro atoms. The molecule has 0 bridgehead atoms. The summed E-state index contributed by atoms with van der Waals surface area (Å²) in [6.45, 7) is 0. The lowest BCUT2D eigenvalue weighted by atomic mass is 9.99. The quantitative estimate of drug-likeness (QED) is 0.652. The molecule has 0 aromatic heterocycles. The summed E-state index contributed by atoms with van der Waals surface area (Å²) in [6, 6.07) is 4.36. The van der Waals surface area contributed by atoms with E-state index in [0.717, 1.165) is 0 Å². The minimum absolute atomic E-state index is 0.152. The average molecular weight is 272 g/mol. The van der Waals surface area contributed by atoms with Crippen molar-refractivity contribution in [2.24, 2.45) is 0 Å². The molecule has 0 amide bonds. The maximum atomic E-state index is 9.05. The smallest absolute Gasteiger partial charge is 0.157 e. The minimum Gasteiger partial charge on any atom is -0.352 e. The van der Waals surface area contributed by atoms with Gasteiger partial charge in [-0.05, 0) is 0 Å². The van der Waals surface area contributed by atoms with Gasteiger partial charge in [-0.15, -0.1) is 0 Å². The van der Waals surface area contributed by atoms with Gasteiger partial charge in [-0.25, -0.2) is 0 Å². The van der Waals surface area contributed by atoms with E-state index >= 15 is 0 Å². The summed E-state index contributed by atoms with van der Waals surface area (Å²) >= 11 is 0. The predicted octanol–water partition coefficient (Wildman–Crippen LogP) is 0.909. The van der Waals surface area contributed by atoms with Crippen molar-refractivity contribution in [1.82, 2.24) is 9.80 Å². The van der Waals surface area contributed by atoms with Crippen LogP contribution in [0.15, 0.2) is 23.5 Å². The van der Waals surface area contributed by atoms with Crippen LogP contribution in [0.2, 0.25) is 0 Å². The Morgan fingerprint density at radius 3 is 1.70 bits per heavy atom. The van der Waals surface area contributed by atoms with E-state index in [1.54, 1.807) is 12.4 Å². The lowest BCUT2D eigenvalue weighted by molar-refractivity contribution is -0.281. The molecule has 20 heavy (non-hydrogen) atoms. The van der Waals surface area contributed by atoms with Crippen LogP contribution in [-0.4, -0.2) is 48.6 Å². The Kier molecular flexibility index (Phi) is 3.13. The van der Waals surface area contributed by atoms with E-state index in [9.17, 15) is 0 Å². The molecule has 0 aromatic carbocycles. The Labute approximate surface area is 118 Å². The Morgan fingerprint density at radius 1 is 0.950 bits per heavy atom. The minimum atomic E-state index is -0.195. The highest BCUT2D eigenvalue weighted by molar-refractivity contribution is 5.26. The van der Waals surface area contributed by atoms with Gasteiger partial charge in [-0.1, -0.05) is 0 Å². The van der Waals surface area contributed by atoms with Gasteiger partial charge >= 0.3 is 0 Å². The van der Waals surface area contributed by atoms with E-state index in [2.05, 4.69) is 12.1 Å². The molecule has 6 nitrogen and oxygen atoms in total. The number of nitriles is 2. The summed E-state index contributed by atoms with van der Waals surface area (Å²) < 4.78 is 12.2. The van der Waals surface area contributed by atoms with Crippen LogP contribution in [0.5, 0.6) is 0 Å². The zero-order valence-corrected chi connectivity index (χ0v) is 11.5. The van der Waals surface area contributed by atoms with Gasteiger partial charge in [0.1, 0.15) is 12.2 Å². The van der Waals surface area contributed by atoms with E-state index < -0.39 is 0 Å². The summed E-state index contributed by atoms with van der Waals surface area (Å²) in [4.78, 5) is 3.76. The van der Waals surface area contributed by atoms with Crippen LogP contribution in [-0.2, 0) is 9.47 Å². The Balaban J connectivity index is 1.83. The molecule has 3 heterocycles. The summed E-state index contributed by atoms with van der Waals surface area (Å²) in [5.74, 6) is 0. The first-order valence-electron chi connectivity index (χ1n) is 6.58. The van der Waals surface area contributed by atoms with Gasteiger partial charge in [-0.3, -0.25) is 0 Å². The van der Waals surface area contributed by atoms with Crippen molar-refractivity contribution in [2.75, 3.05) is 14.1 Å². The lowest BCUT2D eigenvalue weighted by Crippen LogP contribution is -2.60. The van der Waals surface area contributed by atoms with Crippen LogP contribution in [0.3, 0.4) is 0 Å². The number of nitrogens with zero attached hydrogens (tertiary/aromatic N) is 4. The van der Waals surface area contributed by atoms with E-state index in [4.69, 9.17) is 20.0 Å². The number of likely N-dealkylation sites (N-methyl/N-ethyl adjacent to an activating group) is 2. The van der Waals surface area contributed by atoms with Crippen molar-refractivity contribution >= 4 is 0 Å². The zero-order valence-electron chi connectivity index (χ0n) is 11.5. The second kappa shape index (κ2) is 4.82. The van der Waals surface area contributed by atoms with Crippen LogP contribution in [0.25, 0.3) is 0 Å². The normalized spacial score (nSPS) is 36.0. The second-order valence-electron chi connectivity index (χ2n) is 5.40. The fourth-order valence-corrected chi connectivity index (χ4v) is 3.01. The van der Waals surface area contributed by atoms with Gasteiger partial charge in [0.05, 0.1) is 12.1 Å². The zero-order chi connectivity index (χ0) is 14.3. The SMILES string of the molecule is CN1C=C(C#N)C[C@H]2O[C@H]3[C@H](CC(C#N)=CN3C)O[C@H]21. The Morgan fingerprint density at radius 2 is 1.35 bits per heavy atom. The standard InChI is InChI=1S/C14H16N4O2/c1-17-7-9(5-15)3-11-13(17)19-12-4-10(6-16)8-18(2)14(12)20-11/h7-8,11-14H,3-4H2,1-2H3/t11-,12+,13-,14+. The summed E-state index contributed by atoms with van der Waals surface area (Å²) in [5, 5.41) is 18.1. The molecular weight excluding hydrogens is 256 g/mol. The van der Waals surface area contributed by atoms with Crippen LogP contribution < -0.4 is 0 Å². The van der Waals surface area contributed by atoms with Gasteiger partial charge < -0.3 is 19.3 Å². The number of fused-ring (bicyclic) bond motifs is 2. The van der Waals surface area contributed by atoms with Gasteiger partial charge in [0.2, 0.25) is 0 Å². The first-order valence-corrected chi connectivity index (χ1v) is 6.58. The summed E-state index contributed by atoms with van der Waals surface area (Å²) in [5.41, 5.74) is 1.39. The van der Waals surface area contributed by atoms with E-state index in [1.807, 2.05) is 23.9 Å². The molecular formula is C14H16N4O2. The largest absolute Gasteiger partial charge is 0.352 e. The highest BCUT2D eigenvalue weighted by Crippen LogP contribution is 2.35. The lowest BCUT2D eigenvalue weighted by Gasteiger charge is -2.49. The van der Waals surface area contributed by atoms with Crippen LogP contribution >= 0.6 is 0 Å². The monoisotopic (exact) mass is 272 g/mol. The highest BCUT2D eigenvalue weighted by Gasteiger charge is 2.45. The molecule has 1 saturated heterocycles. The fraction of sp³-hybridized carbons (Fsp3) is 0.571. The van der Waals surface area contributed by atoms with Gasteiger partial charge in [0.15, 0.2) is 12.5 Å². The van der Waals surface area contributed by atoms with Gasteiger partial charge in [0, 0.05) is 50.5 Å². The molecule has 4 atom stereocenters. The van der Waals surface area contributed by atoms with Crippen molar-refractivity contribution < 1.29 is 9.47 Å². The van der Waals surface area contributed by atoms with Crippen LogP contribution in [0.1, 0.15) is 12.8 Å². The number of rotatable bonds is 0.